The van der Waals surface area contributed by atoms with Gasteiger partial charge in [-0.2, -0.15) is 0 Å². The number of benzene rings is 1. The number of ether oxygens (including phenoxy) is 1. The molecule has 1 fully saturated rings. The molecule has 1 aliphatic heterocycles. The van der Waals surface area contributed by atoms with Crippen molar-refractivity contribution < 1.29 is 4.74 Å². The highest BCUT2D eigenvalue weighted by molar-refractivity contribution is 5.27. The summed E-state index contributed by atoms with van der Waals surface area (Å²) in [5, 5.41) is 3.70. The van der Waals surface area contributed by atoms with E-state index in [0.29, 0.717) is 12.0 Å². The summed E-state index contributed by atoms with van der Waals surface area (Å²) in [6.07, 6.45) is 4.62. The van der Waals surface area contributed by atoms with E-state index in [2.05, 4.69) is 57.3 Å². The molecule has 0 bridgehead atoms. The van der Waals surface area contributed by atoms with Gasteiger partial charge < -0.3 is 10.1 Å². The molecule has 1 heterocycles. The van der Waals surface area contributed by atoms with Crippen LogP contribution in [0.4, 0.5) is 0 Å². The first-order valence-electron chi connectivity index (χ1n) is 8.51. The van der Waals surface area contributed by atoms with Crippen molar-refractivity contribution in [2.75, 3.05) is 13.2 Å². The van der Waals surface area contributed by atoms with Gasteiger partial charge in [-0.25, -0.2) is 0 Å². The molecular weight excluding hydrogens is 258 g/mol. The Kier molecular flexibility index (Phi) is 5.83. The van der Waals surface area contributed by atoms with E-state index in [1.165, 1.54) is 17.5 Å². The SMILES string of the molecule is CCCNC(c1ccc(CC(C)C)cc1)C1(C)CCCO1. The van der Waals surface area contributed by atoms with Crippen molar-refractivity contribution in [1.29, 1.82) is 0 Å². The summed E-state index contributed by atoms with van der Waals surface area (Å²) in [5.74, 6) is 0.709. The molecule has 1 aromatic carbocycles. The smallest absolute Gasteiger partial charge is 0.0849 e. The normalized spacial score (nSPS) is 23.7. The van der Waals surface area contributed by atoms with Gasteiger partial charge in [-0.1, -0.05) is 45.0 Å². The molecule has 21 heavy (non-hydrogen) atoms. The van der Waals surface area contributed by atoms with Crippen LogP contribution in [-0.2, 0) is 11.2 Å². The lowest BCUT2D eigenvalue weighted by molar-refractivity contribution is -0.0124. The summed E-state index contributed by atoms with van der Waals surface area (Å²) >= 11 is 0. The van der Waals surface area contributed by atoms with Gasteiger partial charge in [0, 0.05) is 6.61 Å². The molecule has 0 aliphatic carbocycles. The van der Waals surface area contributed by atoms with Gasteiger partial charge >= 0.3 is 0 Å². The van der Waals surface area contributed by atoms with Crippen LogP contribution in [0.15, 0.2) is 24.3 Å². The van der Waals surface area contributed by atoms with Crippen molar-refractivity contribution in [2.45, 2.75) is 65.0 Å². The largest absolute Gasteiger partial charge is 0.373 e. The van der Waals surface area contributed by atoms with E-state index < -0.39 is 0 Å². The molecule has 1 aromatic rings. The minimum absolute atomic E-state index is 0.0608. The Hall–Kier alpha value is -0.860. The van der Waals surface area contributed by atoms with Gasteiger partial charge in [-0.15, -0.1) is 0 Å². The van der Waals surface area contributed by atoms with Crippen molar-refractivity contribution in [3.63, 3.8) is 0 Å². The fourth-order valence-corrected chi connectivity index (χ4v) is 3.32. The zero-order valence-electron chi connectivity index (χ0n) is 14.1. The average molecular weight is 289 g/mol. The number of nitrogens with one attached hydrogen (secondary N) is 1. The Morgan fingerprint density at radius 3 is 2.48 bits per heavy atom. The molecular formula is C19H31NO. The van der Waals surface area contributed by atoms with E-state index in [-0.39, 0.29) is 5.60 Å². The monoisotopic (exact) mass is 289 g/mol. The van der Waals surface area contributed by atoms with E-state index in [4.69, 9.17) is 4.74 Å². The first-order valence-corrected chi connectivity index (χ1v) is 8.51. The summed E-state index contributed by atoms with van der Waals surface area (Å²) in [7, 11) is 0. The van der Waals surface area contributed by atoms with Gasteiger partial charge in [0.1, 0.15) is 0 Å². The molecule has 1 saturated heterocycles. The first-order chi connectivity index (χ1) is 10.0. The molecule has 0 saturated carbocycles. The third kappa shape index (κ3) is 4.31. The Balaban J connectivity index is 2.16. The zero-order chi connectivity index (χ0) is 15.3. The second-order valence-corrected chi connectivity index (χ2v) is 6.99. The van der Waals surface area contributed by atoms with Crippen LogP contribution in [-0.4, -0.2) is 18.8 Å². The Morgan fingerprint density at radius 2 is 1.95 bits per heavy atom. The van der Waals surface area contributed by atoms with Crippen LogP contribution in [0.5, 0.6) is 0 Å². The van der Waals surface area contributed by atoms with Crippen LogP contribution >= 0.6 is 0 Å². The summed E-state index contributed by atoms with van der Waals surface area (Å²) in [6.45, 7) is 11.0. The van der Waals surface area contributed by atoms with Crippen LogP contribution in [0.3, 0.4) is 0 Å². The maximum Gasteiger partial charge on any atom is 0.0849 e. The van der Waals surface area contributed by atoms with Gasteiger partial charge in [0.2, 0.25) is 0 Å². The molecule has 2 heteroatoms. The fourth-order valence-electron chi connectivity index (χ4n) is 3.32. The topological polar surface area (TPSA) is 21.3 Å². The predicted molar refractivity (Wildman–Crippen MR) is 89.6 cm³/mol. The summed E-state index contributed by atoms with van der Waals surface area (Å²) in [6, 6.07) is 9.45. The molecule has 1 N–H and O–H groups in total. The van der Waals surface area contributed by atoms with Crippen LogP contribution in [0.1, 0.15) is 64.1 Å². The second kappa shape index (κ2) is 7.42. The van der Waals surface area contributed by atoms with Crippen molar-refractivity contribution in [1.82, 2.24) is 5.32 Å². The summed E-state index contributed by atoms with van der Waals surface area (Å²) in [5.41, 5.74) is 2.73. The molecule has 0 amide bonds. The minimum Gasteiger partial charge on any atom is -0.373 e. The maximum absolute atomic E-state index is 6.09. The second-order valence-electron chi connectivity index (χ2n) is 6.99. The molecule has 2 nitrogen and oxygen atoms in total. The summed E-state index contributed by atoms with van der Waals surface area (Å²) in [4.78, 5) is 0. The highest BCUT2D eigenvalue weighted by Crippen LogP contribution is 2.37. The Labute approximate surface area is 130 Å². The molecule has 0 spiro atoms. The van der Waals surface area contributed by atoms with Gasteiger partial charge in [0.05, 0.1) is 11.6 Å². The first kappa shape index (κ1) is 16.5. The average Bonchev–Trinajstić information content (AvgIpc) is 2.88. The Bertz CT molecular complexity index is 418. The van der Waals surface area contributed by atoms with E-state index in [9.17, 15) is 0 Å². The number of hydrogen-bond donors (Lipinski definition) is 1. The molecule has 0 radical (unpaired) electrons. The lowest BCUT2D eigenvalue weighted by atomic mass is 9.87. The van der Waals surface area contributed by atoms with E-state index >= 15 is 0 Å². The fraction of sp³-hybridized carbons (Fsp3) is 0.684. The Morgan fingerprint density at radius 1 is 1.24 bits per heavy atom. The van der Waals surface area contributed by atoms with Gasteiger partial charge in [-0.05, 0) is 56.2 Å². The van der Waals surface area contributed by atoms with Gasteiger partial charge in [-0.3, -0.25) is 0 Å². The molecule has 2 atom stereocenters. The van der Waals surface area contributed by atoms with Gasteiger partial charge in [0.25, 0.3) is 0 Å². The minimum atomic E-state index is -0.0608. The summed E-state index contributed by atoms with van der Waals surface area (Å²) < 4.78 is 6.09. The third-order valence-electron chi connectivity index (χ3n) is 4.42. The lowest BCUT2D eigenvalue weighted by Gasteiger charge is -2.34. The van der Waals surface area contributed by atoms with Crippen LogP contribution in [0, 0.1) is 5.92 Å². The molecule has 2 unspecified atom stereocenters. The van der Waals surface area contributed by atoms with Crippen LogP contribution in [0.25, 0.3) is 0 Å². The highest BCUT2D eigenvalue weighted by atomic mass is 16.5. The van der Waals surface area contributed by atoms with Gasteiger partial charge in [0.15, 0.2) is 0 Å². The molecule has 118 valence electrons. The van der Waals surface area contributed by atoms with Crippen molar-refractivity contribution >= 4 is 0 Å². The number of rotatable bonds is 7. The zero-order valence-corrected chi connectivity index (χ0v) is 14.1. The highest BCUT2D eigenvalue weighted by Gasteiger charge is 2.38. The molecule has 2 rings (SSSR count). The van der Waals surface area contributed by atoms with E-state index in [1.807, 2.05) is 0 Å². The van der Waals surface area contributed by atoms with Crippen molar-refractivity contribution in [3.05, 3.63) is 35.4 Å². The third-order valence-corrected chi connectivity index (χ3v) is 4.42. The predicted octanol–water partition coefficient (Wildman–Crippen LogP) is 4.49. The lowest BCUT2D eigenvalue weighted by Crippen LogP contribution is -2.41. The van der Waals surface area contributed by atoms with E-state index in [0.717, 1.165) is 32.4 Å². The molecule has 1 aliphatic rings. The maximum atomic E-state index is 6.09. The standard InChI is InChI=1S/C19H31NO/c1-5-12-20-18(19(4)11-6-13-21-19)17-9-7-16(8-10-17)14-15(2)3/h7-10,15,18,20H,5-6,11-14H2,1-4H3. The van der Waals surface area contributed by atoms with Crippen molar-refractivity contribution in [2.24, 2.45) is 5.92 Å². The van der Waals surface area contributed by atoms with Crippen LogP contribution < -0.4 is 5.32 Å². The van der Waals surface area contributed by atoms with Crippen LogP contribution in [0.2, 0.25) is 0 Å². The van der Waals surface area contributed by atoms with Crippen molar-refractivity contribution in [3.8, 4) is 0 Å². The molecule has 0 aromatic heterocycles. The quantitative estimate of drug-likeness (QED) is 0.798. The number of hydrogen-bond acceptors (Lipinski definition) is 2. The van der Waals surface area contributed by atoms with E-state index in [1.54, 1.807) is 0 Å².